The summed E-state index contributed by atoms with van der Waals surface area (Å²) in [6.45, 7) is 0. The van der Waals surface area contributed by atoms with Crippen molar-refractivity contribution in [3.63, 3.8) is 0 Å². The predicted molar refractivity (Wildman–Crippen MR) is 74.6 cm³/mol. The molecule has 4 N–H and O–H groups in total. The molecule has 0 amide bonds. The third-order valence-electron chi connectivity index (χ3n) is 1.90. The molecule has 0 saturated heterocycles. The van der Waals surface area contributed by atoms with E-state index in [-0.39, 0.29) is 0 Å². The summed E-state index contributed by atoms with van der Waals surface area (Å²) in [5.41, 5.74) is 13.0. The fourth-order valence-corrected chi connectivity index (χ4v) is 3.40. The van der Waals surface area contributed by atoms with Crippen molar-refractivity contribution >= 4 is 49.8 Å². The first kappa shape index (κ1) is 11.8. The third-order valence-corrected chi connectivity index (χ3v) is 4.65. The van der Waals surface area contributed by atoms with E-state index in [9.17, 15) is 0 Å². The largest absolute Gasteiger partial charge is 0.399 e. The summed E-state index contributed by atoms with van der Waals surface area (Å²) in [5.74, 6) is 0.816. The Labute approximate surface area is 110 Å². The minimum atomic E-state index is 0.618. The fraction of sp³-hybridized carbons (Fsp3) is 0.100. The number of nitrogen functional groups attached to an aromatic ring is 2. The number of hydrogen-bond acceptors (Lipinski definition) is 5. The number of aromatic nitrogens is 1. The number of halogens is 1. The highest BCUT2D eigenvalue weighted by Gasteiger charge is 2.04. The van der Waals surface area contributed by atoms with Gasteiger partial charge in [0.05, 0.1) is 5.69 Å². The van der Waals surface area contributed by atoms with E-state index in [0.717, 1.165) is 26.5 Å². The zero-order chi connectivity index (χ0) is 11.5. The van der Waals surface area contributed by atoms with Crippen molar-refractivity contribution in [2.45, 2.75) is 10.6 Å². The van der Waals surface area contributed by atoms with Crippen LogP contribution in [0.2, 0.25) is 0 Å². The first-order valence-corrected chi connectivity index (χ1v) is 7.18. The Balaban J connectivity index is 2.04. The molecule has 0 unspecified atom stereocenters. The maximum atomic E-state index is 5.67. The van der Waals surface area contributed by atoms with Gasteiger partial charge in [0.15, 0.2) is 5.13 Å². The third kappa shape index (κ3) is 2.90. The van der Waals surface area contributed by atoms with Gasteiger partial charge in [-0.15, -0.1) is 23.1 Å². The molecule has 6 heteroatoms. The van der Waals surface area contributed by atoms with E-state index in [2.05, 4.69) is 20.9 Å². The van der Waals surface area contributed by atoms with Gasteiger partial charge in [0.25, 0.3) is 0 Å². The van der Waals surface area contributed by atoms with Crippen molar-refractivity contribution in [3.05, 3.63) is 33.7 Å². The lowest BCUT2D eigenvalue weighted by Gasteiger charge is -2.03. The number of thiazole rings is 1. The quantitative estimate of drug-likeness (QED) is 0.673. The molecule has 0 saturated carbocycles. The van der Waals surface area contributed by atoms with Gasteiger partial charge in [-0.1, -0.05) is 0 Å². The number of nitrogens with zero attached hydrogens (tertiary/aromatic N) is 1. The van der Waals surface area contributed by atoms with Gasteiger partial charge >= 0.3 is 0 Å². The van der Waals surface area contributed by atoms with Gasteiger partial charge < -0.3 is 11.5 Å². The van der Waals surface area contributed by atoms with Gasteiger partial charge in [-0.3, -0.25) is 0 Å². The van der Waals surface area contributed by atoms with Crippen molar-refractivity contribution in [2.75, 3.05) is 11.5 Å². The van der Waals surface area contributed by atoms with E-state index in [4.69, 9.17) is 11.5 Å². The second-order valence-corrected chi connectivity index (χ2v) is 5.92. The van der Waals surface area contributed by atoms with Crippen molar-refractivity contribution in [1.82, 2.24) is 4.98 Å². The average Bonchev–Trinajstić information content (AvgIpc) is 2.63. The monoisotopic (exact) mass is 315 g/mol. The van der Waals surface area contributed by atoms with Crippen molar-refractivity contribution in [3.8, 4) is 0 Å². The summed E-state index contributed by atoms with van der Waals surface area (Å²) >= 11 is 6.66. The Morgan fingerprint density at radius 3 is 2.81 bits per heavy atom. The van der Waals surface area contributed by atoms with Crippen LogP contribution >= 0.6 is 39.0 Å². The van der Waals surface area contributed by atoms with E-state index < -0.39 is 0 Å². The van der Waals surface area contributed by atoms with Crippen LogP contribution in [0.1, 0.15) is 5.69 Å². The number of anilines is 2. The highest BCUT2D eigenvalue weighted by atomic mass is 79.9. The van der Waals surface area contributed by atoms with E-state index in [1.807, 2.05) is 23.6 Å². The Kier molecular flexibility index (Phi) is 3.73. The highest BCUT2D eigenvalue weighted by Crippen LogP contribution is 2.31. The summed E-state index contributed by atoms with van der Waals surface area (Å²) < 4.78 is 1.01. The molecule has 3 nitrogen and oxygen atoms in total. The summed E-state index contributed by atoms with van der Waals surface area (Å²) in [4.78, 5) is 5.36. The lowest BCUT2D eigenvalue weighted by molar-refractivity contribution is 1.23. The zero-order valence-electron chi connectivity index (χ0n) is 8.31. The van der Waals surface area contributed by atoms with Gasteiger partial charge in [-0.2, -0.15) is 0 Å². The van der Waals surface area contributed by atoms with Crippen LogP contribution in [0.5, 0.6) is 0 Å². The van der Waals surface area contributed by atoms with Gasteiger partial charge in [-0.25, -0.2) is 4.98 Å². The van der Waals surface area contributed by atoms with Gasteiger partial charge in [-0.05, 0) is 34.1 Å². The van der Waals surface area contributed by atoms with Crippen molar-refractivity contribution in [1.29, 1.82) is 0 Å². The highest BCUT2D eigenvalue weighted by molar-refractivity contribution is 9.10. The normalized spacial score (nSPS) is 10.6. The number of nitrogens with two attached hydrogens (primary N) is 2. The van der Waals surface area contributed by atoms with Crippen LogP contribution < -0.4 is 11.5 Å². The zero-order valence-corrected chi connectivity index (χ0v) is 11.5. The van der Waals surface area contributed by atoms with E-state index >= 15 is 0 Å². The summed E-state index contributed by atoms with van der Waals surface area (Å²) in [5, 5.41) is 2.60. The standard InChI is InChI=1S/C10H10BrN3S2/c11-8-3-6(12)1-2-9(8)15-4-7-5-16-10(13)14-7/h1-3,5H,4,12H2,(H2,13,14). The molecule has 0 aliphatic heterocycles. The molecular formula is C10H10BrN3S2. The molecule has 0 radical (unpaired) electrons. The molecule has 1 aromatic heterocycles. The second-order valence-electron chi connectivity index (χ2n) is 3.16. The molecule has 84 valence electrons. The first-order chi connectivity index (χ1) is 7.65. The minimum Gasteiger partial charge on any atom is -0.399 e. The summed E-state index contributed by atoms with van der Waals surface area (Å²) in [7, 11) is 0. The van der Waals surface area contributed by atoms with Crippen LogP contribution in [0.4, 0.5) is 10.8 Å². The Morgan fingerprint density at radius 2 is 2.19 bits per heavy atom. The van der Waals surface area contributed by atoms with Gasteiger partial charge in [0.2, 0.25) is 0 Å². The van der Waals surface area contributed by atoms with Crippen LogP contribution in [0.25, 0.3) is 0 Å². The summed E-state index contributed by atoms with van der Waals surface area (Å²) in [6, 6.07) is 5.79. The molecule has 16 heavy (non-hydrogen) atoms. The van der Waals surface area contributed by atoms with Crippen LogP contribution in [-0.4, -0.2) is 4.98 Å². The lowest BCUT2D eigenvalue weighted by atomic mass is 10.3. The van der Waals surface area contributed by atoms with Crippen LogP contribution in [0.15, 0.2) is 32.9 Å². The second kappa shape index (κ2) is 5.07. The van der Waals surface area contributed by atoms with E-state index in [0.29, 0.717) is 5.13 Å². The average molecular weight is 316 g/mol. The molecule has 2 rings (SSSR count). The Hall–Kier alpha value is -0.720. The molecule has 0 aliphatic carbocycles. The molecule has 1 heterocycles. The van der Waals surface area contributed by atoms with Crippen LogP contribution in [0, 0.1) is 0 Å². The van der Waals surface area contributed by atoms with Crippen molar-refractivity contribution < 1.29 is 0 Å². The molecule has 2 aromatic rings. The molecule has 0 atom stereocenters. The fourth-order valence-electron chi connectivity index (χ4n) is 1.17. The topological polar surface area (TPSA) is 64.9 Å². The predicted octanol–water partition coefficient (Wildman–Crippen LogP) is 3.36. The Morgan fingerprint density at radius 1 is 1.38 bits per heavy atom. The molecular weight excluding hydrogens is 306 g/mol. The molecule has 0 fully saturated rings. The minimum absolute atomic E-state index is 0.618. The lowest BCUT2D eigenvalue weighted by Crippen LogP contribution is -1.87. The van der Waals surface area contributed by atoms with Gasteiger partial charge in [0.1, 0.15) is 0 Å². The van der Waals surface area contributed by atoms with E-state index in [1.54, 1.807) is 11.8 Å². The SMILES string of the molecule is Nc1ccc(SCc2csc(N)n2)c(Br)c1. The maximum absolute atomic E-state index is 5.67. The van der Waals surface area contributed by atoms with Crippen LogP contribution in [0.3, 0.4) is 0 Å². The first-order valence-electron chi connectivity index (χ1n) is 4.53. The van der Waals surface area contributed by atoms with E-state index in [1.165, 1.54) is 11.3 Å². The smallest absolute Gasteiger partial charge is 0.180 e. The Bertz CT molecular complexity index is 499. The van der Waals surface area contributed by atoms with Gasteiger partial charge in [0, 0.05) is 26.2 Å². The van der Waals surface area contributed by atoms with Crippen molar-refractivity contribution in [2.24, 2.45) is 0 Å². The molecule has 0 bridgehead atoms. The number of hydrogen-bond donors (Lipinski definition) is 2. The maximum Gasteiger partial charge on any atom is 0.180 e. The molecule has 0 aliphatic rings. The summed E-state index contributed by atoms with van der Waals surface area (Å²) in [6.07, 6.45) is 0. The number of benzene rings is 1. The van der Waals surface area contributed by atoms with Crippen LogP contribution in [-0.2, 0) is 5.75 Å². The molecule has 0 spiro atoms. The number of thioether (sulfide) groups is 1. The molecule has 1 aromatic carbocycles. The number of rotatable bonds is 3.